The van der Waals surface area contributed by atoms with Gasteiger partial charge in [0.2, 0.25) is 36.4 Å². The number of aliphatic hydroxyl groups is 1. The highest BCUT2D eigenvalue weighted by molar-refractivity contribution is 5.97. The maximum atomic E-state index is 13.2. The number of aliphatic hydroxyl groups excluding tert-OH is 1. The first-order valence-electron chi connectivity index (χ1n) is 18.6. The Bertz CT molecular complexity index is 1100. The van der Waals surface area contributed by atoms with E-state index in [1.54, 1.807) is 0 Å². The monoisotopic (exact) mass is 743 g/mol. The molecule has 1 aliphatic heterocycles. The molecule has 0 bridgehead atoms. The van der Waals surface area contributed by atoms with Crippen molar-refractivity contribution in [2.75, 3.05) is 26.2 Å². The van der Waals surface area contributed by atoms with Crippen LogP contribution in [0.5, 0.6) is 0 Å². The molecule has 0 radical (unpaired) electrons. The quantitative estimate of drug-likeness (QED) is 0.0214. The van der Waals surface area contributed by atoms with Crippen molar-refractivity contribution in [3.8, 4) is 0 Å². The Balaban J connectivity index is 2.57. The zero-order valence-corrected chi connectivity index (χ0v) is 30.5. The van der Waals surface area contributed by atoms with Crippen molar-refractivity contribution < 1.29 is 54.3 Å². The molecule has 298 valence electrons. The number of nitrogens with one attached hydrogen (secondary N) is 4. The van der Waals surface area contributed by atoms with Crippen LogP contribution >= 0.6 is 0 Å². The van der Waals surface area contributed by atoms with E-state index in [4.69, 9.17) is 5.21 Å². The molecule has 0 aromatic rings. The van der Waals surface area contributed by atoms with Crippen LogP contribution in [0.4, 0.5) is 0 Å². The number of hydroxylamine groups is 6. The Labute approximate surface area is 305 Å². The van der Waals surface area contributed by atoms with Crippen LogP contribution in [0.2, 0.25) is 0 Å². The number of nitrogens with zero attached hydrogens (tertiary/aromatic N) is 3. The summed E-state index contributed by atoms with van der Waals surface area (Å²) in [5.74, 6) is -3.18. The van der Waals surface area contributed by atoms with Crippen molar-refractivity contribution in [1.29, 1.82) is 0 Å². The smallest absolute Gasteiger partial charge is 0.270 e. The lowest BCUT2D eigenvalue weighted by Crippen LogP contribution is -2.61. The number of carbonyl (C=O) groups excluding carboxylic acids is 7. The van der Waals surface area contributed by atoms with Crippen molar-refractivity contribution in [2.45, 2.75) is 147 Å². The summed E-state index contributed by atoms with van der Waals surface area (Å²) in [5, 5.41) is 50.1. The zero-order valence-electron chi connectivity index (χ0n) is 30.5. The van der Waals surface area contributed by atoms with Gasteiger partial charge in [0, 0.05) is 26.1 Å². The number of unbranched alkanes of at least 4 members (excludes halogenated alkanes) is 10. The first-order valence-corrected chi connectivity index (χ1v) is 18.6. The highest BCUT2D eigenvalue weighted by atomic mass is 16.5. The van der Waals surface area contributed by atoms with Crippen LogP contribution in [0, 0.1) is 0 Å². The third kappa shape index (κ3) is 19.7. The molecule has 1 heterocycles. The number of amides is 7. The fourth-order valence-electron chi connectivity index (χ4n) is 5.78. The van der Waals surface area contributed by atoms with E-state index in [2.05, 4.69) is 28.2 Å². The summed E-state index contributed by atoms with van der Waals surface area (Å²) in [7, 11) is 0. The van der Waals surface area contributed by atoms with E-state index in [9.17, 15) is 49.1 Å². The van der Waals surface area contributed by atoms with Gasteiger partial charge in [-0.25, -0.2) is 15.2 Å². The first kappa shape index (κ1) is 46.2. The van der Waals surface area contributed by atoms with Gasteiger partial charge in [0.1, 0.15) is 24.2 Å². The van der Waals surface area contributed by atoms with E-state index in [1.165, 1.54) is 38.5 Å². The average molecular weight is 744 g/mol. The summed E-state index contributed by atoms with van der Waals surface area (Å²) in [6.07, 6.45) is 13.5. The van der Waals surface area contributed by atoms with E-state index in [0.717, 1.165) is 25.7 Å². The molecule has 4 atom stereocenters. The molecule has 8 N–H and O–H groups in total. The van der Waals surface area contributed by atoms with Gasteiger partial charge in [-0.05, 0) is 44.9 Å². The topological polar surface area (TPSA) is 258 Å². The molecule has 0 unspecified atom stereocenters. The lowest BCUT2D eigenvalue weighted by atomic mass is 10.0. The van der Waals surface area contributed by atoms with Crippen LogP contribution in [0.3, 0.4) is 0 Å². The minimum atomic E-state index is -1.57. The normalized spacial score (nSPS) is 16.6. The predicted molar refractivity (Wildman–Crippen MR) is 186 cm³/mol. The molecule has 1 saturated heterocycles. The van der Waals surface area contributed by atoms with E-state index in [-0.39, 0.29) is 88.4 Å². The SMILES string of the molecule is CCCCCCCCCCCCCC(=O)N[C@@H](CCCN(O)C=O)C(=O)N[C@@H](CO)C(=O)N(O)CCC[C@@H]1NC(=O)[C@H](CCCN(O)C=O)NC1=O. The van der Waals surface area contributed by atoms with E-state index >= 15 is 0 Å². The maximum Gasteiger partial charge on any atom is 0.270 e. The molecule has 52 heavy (non-hydrogen) atoms. The van der Waals surface area contributed by atoms with Crippen LogP contribution in [0.1, 0.15) is 122 Å². The number of hydrogen-bond acceptors (Lipinski definition) is 11. The average Bonchev–Trinajstić information content (AvgIpc) is 3.13. The van der Waals surface area contributed by atoms with Gasteiger partial charge < -0.3 is 26.4 Å². The lowest BCUT2D eigenvalue weighted by molar-refractivity contribution is -0.170. The van der Waals surface area contributed by atoms with Crippen LogP contribution in [-0.4, -0.2) is 129 Å². The van der Waals surface area contributed by atoms with Gasteiger partial charge in [-0.3, -0.25) is 49.2 Å². The fraction of sp³-hybridized carbons (Fsp3) is 0.794. The Morgan fingerprint density at radius 2 is 1.17 bits per heavy atom. The minimum absolute atomic E-state index is 0.00452. The van der Waals surface area contributed by atoms with Crippen LogP contribution < -0.4 is 21.3 Å². The van der Waals surface area contributed by atoms with E-state index in [1.807, 2.05) is 0 Å². The summed E-state index contributed by atoms with van der Waals surface area (Å²) in [6, 6.07) is -4.51. The van der Waals surface area contributed by atoms with Crippen molar-refractivity contribution in [3.63, 3.8) is 0 Å². The summed E-state index contributed by atoms with van der Waals surface area (Å²) >= 11 is 0. The largest absolute Gasteiger partial charge is 0.394 e. The van der Waals surface area contributed by atoms with E-state index in [0.29, 0.717) is 16.5 Å². The van der Waals surface area contributed by atoms with Crippen molar-refractivity contribution in [3.05, 3.63) is 0 Å². The molecule has 18 nitrogen and oxygen atoms in total. The third-order valence-electron chi connectivity index (χ3n) is 8.84. The van der Waals surface area contributed by atoms with Crippen molar-refractivity contribution >= 4 is 42.4 Å². The third-order valence-corrected chi connectivity index (χ3v) is 8.84. The molecular formula is C34H61N7O11. The molecule has 1 aliphatic rings. The number of hydrogen-bond donors (Lipinski definition) is 8. The van der Waals surface area contributed by atoms with Gasteiger partial charge in [-0.2, -0.15) is 0 Å². The van der Waals surface area contributed by atoms with Gasteiger partial charge in [-0.15, -0.1) is 0 Å². The Morgan fingerprint density at radius 3 is 1.67 bits per heavy atom. The lowest BCUT2D eigenvalue weighted by Gasteiger charge is -2.30. The molecule has 1 rings (SSSR count). The fourth-order valence-corrected chi connectivity index (χ4v) is 5.78. The molecule has 0 aromatic carbocycles. The van der Waals surface area contributed by atoms with Gasteiger partial charge in [-0.1, -0.05) is 71.1 Å². The Hall–Kier alpha value is -3.87. The second-order valence-corrected chi connectivity index (χ2v) is 13.2. The molecule has 7 amide bonds. The number of rotatable bonds is 31. The summed E-state index contributed by atoms with van der Waals surface area (Å²) in [4.78, 5) is 84.9. The van der Waals surface area contributed by atoms with Gasteiger partial charge in [0.15, 0.2) is 0 Å². The van der Waals surface area contributed by atoms with E-state index < -0.39 is 54.4 Å². The second kappa shape index (κ2) is 27.7. The molecular weight excluding hydrogens is 682 g/mol. The van der Waals surface area contributed by atoms with Crippen LogP contribution in [0.15, 0.2) is 0 Å². The maximum absolute atomic E-state index is 13.2. The first-order chi connectivity index (χ1) is 25.0. The molecule has 0 aromatic heterocycles. The molecule has 0 saturated carbocycles. The van der Waals surface area contributed by atoms with Gasteiger partial charge in [0.05, 0.1) is 6.61 Å². The van der Waals surface area contributed by atoms with Crippen LogP contribution in [0.25, 0.3) is 0 Å². The van der Waals surface area contributed by atoms with Crippen molar-refractivity contribution in [2.24, 2.45) is 0 Å². The molecule has 18 heteroatoms. The molecule has 1 fully saturated rings. The minimum Gasteiger partial charge on any atom is -0.394 e. The highest BCUT2D eigenvalue weighted by Gasteiger charge is 2.34. The second-order valence-electron chi connectivity index (χ2n) is 13.2. The Morgan fingerprint density at radius 1 is 0.692 bits per heavy atom. The number of carbonyl (C=O) groups is 7. The summed E-state index contributed by atoms with van der Waals surface area (Å²) < 4.78 is 0. The Kier molecular flexibility index (Phi) is 24.6. The highest BCUT2D eigenvalue weighted by Crippen LogP contribution is 2.13. The summed E-state index contributed by atoms with van der Waals surface area (Å²) in [6.45, 7) is 0.892. The molecule has 0 aliphatic carbocycles. The zero-order chi connectivity index (χ0) is 38.7. The molecule has 0 spiro atoms. The predicted octanol–water partition coefficient (Wildman–Crippen LogP) is 0.886. The standard InChI is InChI=1S/C34H61N7O11/c1-2-3-4-5-6-7-8-9-10-11-12-19-30(45)35-26(16-13-20-39(50)24-43)31(46)38-29(23-42)34(49)41(52)22-15-18-28-33(48)36-27(32(47)37-28)17-14-21-40(51)25-44/h24-29,42,50-52H,2-23H2,1H3,(H,35,45)(H,36,48)(H,37,47)(H,38,46)/t26-,27-,28-,29-/m0/s1. The van der Waals surface area contributed by atoms with Gasteiger partial charge >= 0.3 is 0 Å². The van der Waals surface area contributed by atoms with Gasteiger partial charge in [0.25, 0.3) is 5.91 Å². The van der Waals surface area contributed by atoms with Crippen molar-refractivity contribution in [1.82, 2.24) is 36.5 Å². The number of piperazine rings is 1. The van der Waals surface area contributed by atoms with Crippen LogP contribution in [-0.2, 0) is 33.6 Å². The summed E-state index contributed by atoms with van der Waals surface area (Å²) in [5.41, 5.74) is 0.